The van der Waals surface area contributed by atoms with E-state index in [1.807, 2.05) is 42.7 Å². The van der Waals surface area contributed by atoms with Crippen molar-refractivity contribution in [3.05, 3.63) is 77.2 Å². The van der Waals surface area contributed by atoms with E-state index in [4.69, 9.17) is 11.6 Å². The van der Waals surface area contributed by atoms with Crippen molar-refractivity contribution >= 4 is 28.8 Å². The van der Waals surface area contributed by atoms with Gasteiger partial charge in [-0.25, -0.2) is 4.98 Å². The molecule has 0 saturated heterocycles. The molecule has 26 heavy (non-hydrogen) atoms. The summed E-state index contributed by atoms with van der Waals surface area (Å²) in [5, 5.41) is 7.53. The van der Waals surface area contributed by atoms with Crippen molar-refractivity contribution in [1.82, 2.24) is 14.9 Å². The molecule has 5 nitrogen and oxygen atoms in total. The smallest absolute Gasteiger partial charge is 0.132 e. The Kier molecular flexibility index (Phi) is 5.00. The fourth-order valence-corrected chi connectivity index (χ4v) is 3.30. The van der Waals surface area contributed by atoms with Gasteiger partial charge in [0.15, 0.2) is 0 Å². The van der Waals surface area contributed by atoms with Crippen molar-refractivity contribution < 1.29 is 0 Å². The fourth-order valence-electron chi connectivity index (χ4n) is 3.11. The average molecular weight is 366 g/mol. The number of hydrogen-bond donors (Lipinski definition) is 2. The van der Waals surface area contributed by atoms with Gasteiger partial charge in [-0.15, -0.1) is 0 Å². The first-order valence-corrected chi connectivity index (χ1v) is 9.01. The van der Waals surface area contributed by atoms with Crippen molar-refractivity contribution in [2.45, 2.75) is 13.1 Å². The second-order valence-electron chi connectivity index (χ2n) is 6.36. The van der Waals surface area contributed by atoms with Gasteiger partial charge in [0.1, 0.15) is 5.82 Å². The third-order valence-corrected chi connectivity index (χ3v) is 4.59. The first-order chi connectivity index (χ1) is 12.8. The number of nitrogens with zero attached hydrogens (tertiary/aromatic N) is 3. The van der Waals surface area contributed by atoms with Gasteiger partial charge in [-0.3, -0.25) is 9.88 Å². The van der Waals surface area contributed by atoms with Gasteiger partial charge in [-0.2, -0.15) is 0 Å². The second kappa shape index (κ2) is 7.72. The number of aromatic nitrogens is 2. The Hall–Kier alpha value is -2.63. The van der Waals surface area contributed by atoms with Crippen LogP contribution in [0.25, 0.3) is 0 Å². The van der Waals surface area contributed by atoms with Crippen molar-refractivity contribution in [2.75, 3.05) is 23.7 Å². The molecule has 0 spiro atoms. The molecule has 2 aromatic heterocycles. The molecule has 0 unspecified atom stereocenters. The van der Waals surface area contributed by atoms with E-state index < -0.39 is 0 Å². The molecule has 2 N–H and O–H groups in total. The number of anilines is 3. The van der Waals surface area contributed by atoms with Crippen molar-refractivity contribution in [3.63, 3.8) is 0 Å². The van der Waals surface area contributed by atoms with Gasteiger partial charge in [0.25, 0.3) is 0 Å². The number of hydrogen-bond acceptors (Lipinski definition) is 5. The van der Waals surface area contributed by atoms with Crippen LogP contribution in [0.4, 0.5) is 17.2 Å². The first kappa shape index (κ1) is 16.8. The minimum atomic E-state index is 0.703. The number of nitrogens with one attached hydrogen (secondary N) is 2. The first-order valence-electron chi connectivity index (χ1n) is 8.63. The van der Waals surface area contributed by atoms with Crippen LogP contribution in [0.1, 0.15) is 11.1 Å². The maximum Gasteiger partial charge on any atom is 0.132 e. The Bertz CT molecular complexity index is 884. The largest absolute Gasteiger partial charge is 0.383 e. The van der Waals surface area contributed by atoms with Crippen LogP contribution in [0.3, 0.4) is 0 Å². The highest BCUT2D eigenvalue weighted by atomic mass is 35.5. The van der Waals surface area contributed by atoms with Crippen LogP contribution in [0, 0.1) is 0 Å². The number of pyridine rings is 2. The van der Waals surface area contributed by atoms with E-state index in [-0.39, 0.29) is 0 Å². The van der Waals surface area contributed by atoms with Crippen LogP contribution in [0.15, 0.2) is 61.1 Å². The van der Waals surface area contributed by atoms with E-state index in [9.17, 15) is 0 Å². The Labute approximate surface area is 158 Å². The molecule has 0 aliphatic carbocycles. The molecule has 0 radical (unpaired) electrons. The molecule has 1 aliphatic rings. The Balaban J connectivity index is 1.49. The summed E-state index contributed by atoms with van der Waals surface area (Å²) in [6.45, 7) is 3.62. The van der Waals surface area contributed by atoms with E-state index in [1.165, 1.54) is 11.1 Å². The molecule has 1 aromatic carbocycles. The van der Waals surface area contributed by atoms with Crippen LogP contribution in [-0.2, 0) is 13.1 Å². The number of halogens is 1. The minimum absolute atomic E-state index is 0.703. The topological polar surface area (TPSA) is 53.1 Å². The van der Waals surface area contributed by atoms with Crippen molar-refractivity contribution in [2.24, 2.45) is 0 Å². The molecule has 1 aliphatic heterocycles. The zero-order valence-electron chi connectivity index (χ0n) is 14.3. The van der Waals surface area contributed by atoms with Crippen molar-refractivity contribution in [1.29, 1.82) is 0 Å². The monoisotopic (exact) mass is 365 g/mol. The lowest BCUT2D eigenvalue weighted by Gasteiger charge is -2.19. The number of benzene rings is 1. The molecule has 132 valence electrons. The number of fused-ring (bicyclic) bond motifs is 1. The maximum atomic E-state index is 6.05. The highest BCUT2D eigenvalue weighted by molar-refractivity contribution is 6.30. The lowest BCUT2D eigenvalue weighted by atomic mass is 10.2. The summed E-state index contributed by atoms with van der Waals surface area (Å²) >= 11 is 6.05. The normalized spacial score (nSPS) is 14.2. The fraction of sp³-hybridized carbons (Fsp3) is 0.200. The highest BCUT2D eigenvalue weighted by Crippen LogP contribution is 2.25. The van der Waals surface area contributed by atoms with Gasteiger partial charge < -0.3 is 10.6 Å². The molecule has 0 atom stereocenters. The third-order valence-electron chi connectivity index (χ3n) is 4.35. The zero-order chi connectivity index (χ0) is 17.8. The van der Waals surface area contributed by atoms with Gasteiger partial charge in [0.05, 0.1) is 0 Å². The second-order valence-corrected chi connectivity index (χ2v) is 6.80. The summed E-state index contributed by atoms with van der Waals surface area (Å²) in [7, 11) is 0. The molecule has 0 amide bonds. The van der Waals surface area contributed by atoms with Gasteiger partial charge in [0, 0.05) is 72.8 Å². The SMILES string of the molecule is Clc1cccc(Nc2cc3c(cn2)CN(Cc2cccnc2)CCN3)c1. The quantitative estimate of drug-likeness (QED) is 0.721. The highest BCUT2D eigenvalue weighted by Gasteiger charge is 2.15. The van der Waals surface area contributed by atoms with E-state index in [0.29, 0.717) is 5.02 Å². The molecule has 0 fully saturated rings. The zero-order valence-corrected chi connectivity index (χ0v) is 15.1. The Morgan fingerprint density at radius 3 is 2.96 bits per heavy atom. The molecular formula is C20H20ClN5. The maximum absolute atomic E-state index is 6.05. The van der Waals surface area contributed by atoms with Gasteiger partial charge in [-0.05, 0) is 29.8 Å². The summed E-state index contributed by atoms with van der Waals surface area (Å²) in [6, 6.07) is 13.8. The standard InChI is InChI=1S/C20H20ClN5/c21-17-4-1-5-18(9-17)25-20-10-19-16(12-24-20)14-26(8-7-23-19)13-15-3-2-6-22-11-15/h1-6,9-12,23H,7-8,13-14H2,(H,24,25). The summed E-state index contributed by atoms with van der Waals surface area (Å²) in [4.78, 5) is 11.2. The van der Waals surface area contributed by atoms with Crippen LogP contribution >= 0.6 is 11.6 Å². The Morgan fingerprint density at radius 2 is 2.12 bits per heavy atom. The molecule has 6 heteroatoms. The predicted octanol–water partition coefficient (Wildman–Crippen LogP) is 4.30. The molecule has 4 rings (SSSR count). The van der Waals surface area contributed by atoms with E-state index in [0.717, 1.165) is 43.4 Å². The van der Waals surface area contributed by atoms with Crippen LogP contribution in [0.2, 0.25) is 5.02 Å². The summed E-state index contributed by atoms with van der Waals surface area (Å²) in [6.07, 6.45) is 5.67. The van der Waals surface area contributed by atoms with E-state index in [1.54, 1.807) is 6.20 Å². The van der Waals surface area contributed by atoms with Crippen LogP contribution in [-0.4, -0.2) is 28.0 Å². The van der Waals surface area contributed by atoms with Crippen molar-refractivity contribution in [3.8, 4) is 0 Å². The average Bonchev–Trinajstić information content (AvgIpc) is 2.84. The molecule has 0 saturated carbocycles. The van der Waals surface area contributed by atoms with E-state index >= 15 is 0 Å². The third kappa shape index (κ3) is 4.12. The van der Waals surface area contributed by atoms with Crippen LogP contribution in [0.5, 0.6) is 0 Å². The van der Waals surface area contributed by atoms with E-state index in [2.05, 4.69) is 37.6 Å². The summed E-state index contributed by atoms with van der Waals surface area (Å²) < 4.78 is 0. The molecule has 3 aromatic rings. The summed E-state index contributed by atoms with van der Waals surface area (Å²) in [5.74, 6) is 0.805. The molecule has 0 bridgehead atoms. The van der Waals surface area contributed by atoms with Gasteiger partial charge in [0.2, 0.25) is 0 Å². The predicted molar refractivity (Wildman–Crippen MR) is 106 cm³/mol. The number of rotatable bonds is 4. The van der Waals surface area contributed by atoms with Gasteiger partial charge >= 0.3 is 0 Å². The molecule has 3 heterocycles. The lowest BCUT2D eigenvalue weighted by molar-refractivity contribution is 0.271. The minimum Gasteiger partial charge on any atom is -0.383 e. The Morgan fingerprint density at radius 1 is 1.15 bits per heavy atom. The van der Waals surface area contributed by atoms with Gasteiger partial charge in [-0.1, -0.05) is 23.7 Å². The lowest BCUT2D eigenvalue weighted by Crippen LogP contribution is -2.25. The molecular weight excluding hydrogens is 346 g/mol. The van der Waals surface area contributed by atoms with Crippen LogP contribution < -0.4 is 10.6 Å². The summed E-state index contributed by atoms with van der Waals surface area (Å²) in [5.41, 5.74) is 4.47.